The molecule has 0 bridgehead atoms. The maximum Gasteiger partial charge on any atom is 0.407 e. The average molecular weight is 396 g/mol. The molecule has 154 valence electrons. The molecule has 0 spiro atoms. The van der Waals surface area contributed by atoms with Crippen LogP contribution < -0.4 is 15.4 Å². The van der Waals surface area contributed by atoms with Gasteiger partial charge in [-0.2, -0.15) is 0 Å². The summed E-state index contributed by atoms with van der Waals surface area (Å²) in [5, 5.41) is 5.28. The van der Waals surface area contributed by atoms with Crippen molar-refractivity contribution in [2.24, 2.45) is 0 Å². The number of hydrogen-bond donors (Lipinski definition) is 2. The Morgan fingerprint density at radius 1 is 0.931 bits per heavy atom. The van der Waals surface area contributed by atoms with Crippen LogP contribution in [-0.2, 0) is 16.1 Å². The average Bonchev–Trinajstić information content (AvgIpc) is 2.68. The molecule has 6 nitrogen and oxygen atoms in total. The normalized spacial score (nSPS) is 11.1. The van der Waals surface area contributed by atoms with Crippen LogP contribution in [0.5, 0.6) is 5.75 Å². The molecular weight excluding hydrogens is 368 g/mol. The van der Waals surface area contributed by atoms with E-state index in [1.54, 1.807) is 26.8 Å². The molecule has 6 heteroatoms. The van der Waals surface area contributed by atoms with Crippen LogP contribution in [0, 0.1) is 0 Å². The van der Waals surface area contributed by atoms with Crippen molar-refractivity contribution < 1.29 is 19.1 Å². The Morgan fingerprint density at radius 2 is 1.59 bits per heavy atom. The Morgan fingerprint density at radius 3 is 2.24 bits per heavy atom. The van der Waals surface area contributed by atoms with Crippen molar-refractivity contribution in [2.75, 3.05) is 13.1 Å². The van der Waals surface area contributed by atoms with Crippen molar-refractivity contribution in [3.63, 3.8) is 0 Å². The van der Waals surface area contributed by atoms with E-state index in [4.69, 9.17) is 9.47 Å². The second kappa shape index (κ2) is 10.9. The lowest BCUT2D eigenvalue weighted by Gasteiger charge is -2.19. The first-order chi connectivity index (χ1) is 13.8. The second-order valence-corrected chi connectivity index (χ2v) is 7.40. The summed E-state index contributed by atoms with van der Waals surface area (Å²) in [5.74, 6) is 0.532. The fourth-order valence-corrected chi connectivity index (χ4v) is 2.31. The van der Waals surface area contributed by atoms with Gasteiger partial charge in [0.2, 0.25) is 5.91 Å². The van der Waals surface area contributed by atoms with Crippen LogP contribution in [0.15, 0.2) is 60.7 Å². The summed E-state index contributed by atoms with van der Waals surface area (Å²) in [5.41, 5.74) is 1.45. The number of amides is 2. The largest absolute Gasteiger partial charge is 0.489 e. The van der Waals surface area contributed by atoms with E-state index in [2.05, 4.69) is 10.6 Å². The minimum Gasteiger partial charge on any atom is -0.489 e. The lowest BCUT2D eigenvalue weighted by Crippen LogP contribution is -2.37. The molecule has 2 rings (SSSR count). The maximum absolute atomic E-state index is 11.8. The fourth-order valence-electron chi connectivity index (χ4n) is 2.31. The fraction of sp³-hybridized carbons (Fsp3) is 0.304. The van der Waals surface area contributed by atoms with Crippen molar-refractivity contribution in [2.45, 2.75) is 33.0 Å². The number of carbonyl (C=O) groups is 2. The zero-order valence-electron chi connectivity index (χ0n) is 17.1. The number of ether oxygens (including phenoxy) is 2. The predicted molar refractivity (Wildman–Crippen MR) is 113 cm³/mol. The van der Waals surface area contributed by atoms with Gasteiger partial charge in [-0.1, -0.05) is 42.5 Å². The van der Waals surface area contributed by atoms with Gasteiger partial charge in [0.05, 0.1) is 0 Å². The highest BCUT2D eigenvalue weighted by atomic mass is 16.6. The summed E-state index contributed by atoms with van der Waals surface area (Å²) < 4.78 is 10.9. The molecule has 0 unspecified atom stereocenters. The van der Waals surface area contributed by atoms with Crippen molar-refractivity contribution in [3.8, 4) is 5.75 Å². The second-order valence-electron chi connectivity index (χ2n) is 7.40. The molecule has 0 aliphatic rings. The van der Waals surface area contributed by atoms with Crippen LogP contribution >= 0.6 is 0 Å². The Kier molecular flexibility index (Phi) is 8.27. The van der Waals surface area contributed by atoms with Gasteiger partial charge in [-0.05, 0) is 50.1 Å². The molecule has 2 aromatic rings. The van der Waals surface area contributed by atoms with Gasteiger partial charge in [0.1, 0.15) is 18.0 Å². The Balaban J connectivity index is 1.68. The Hall–Kier alpha value is -3.28. The zero-order chi connectivity index (χ0) is 21.1. The molecule has 0 atom stereocenters. The minimum absolute atomic E-state index is 0.236. The van der Waals surface area contributed by atoms with E-state index in [0.717, 1.165) is 16.9 Å². The summed E-state index contributed by atoms with van der Waals surface area (Å²) >= 11 is 0. The molecule has 0 fully saturated rings. The van der Waals surface area contributed by atoms with E-state index in [0.29, 0.717) is 19.7 Å². The highest BCUT2D eigenvalue weighted by molar-refractivity contribution is 5.91. The lowest BCUT2D eigenvalue weighted by atomic mass is 10.2. The smallest absolute Gasteiger partial charge is 0.407 e. The number of benzene rings is 2. The first-order valence-corrected chi connectivity index (χ1v) is 9.51. The van der Waals surface area contributed by atoms with E-state index in [9.17, 15) is 9.59 Å². The van der Waals surface area contributed by atoms with Crippen molar-refractivity contribution in [3.05, 3.63) is 71.8 Å². The van der Waals surface area contributed by atoms with Gasteiger partial charge < -0.3 is 20.1 Å². The number of hydrogen-bond acceptors (Lipinski definition) is 4. The van der Waals surface area contributed by atoms with Gasteiger partial charge in [-0.3, -0.25) is 4.79 Å². The zero-order valence-corrected chi connectivity index (χ0v) is 17.1. The van der Waals surface area contributed by atoms with Crippen LogP contribution in [0.25, 0.3) is 6.08 Å². The maximum atomic E-state index is 11.8. The van der Waals surface area contributed by atoms with Crippen molar-refractivity contribution in [1.82, 2.24) is 10.6 Å². The third-order valence-corrected chi connectivity index (χ3v) is 3.65. The summed E-state index contributed by atoms with van der Waals surface area (Å²) in [6, 6.07) is 17.4. The van der Waals surface area contributed by atoms with Crippen molar-refractivity contribution >= 4 is 18.1 Å². The van der Waals surface area contributed by atoms with Crippen molar-refractivity contribution in [1.29, 1.82) is 0 Å². The molecule has 0 aliphatic heterocycles. The molecule has 2 amide bonds. The lowest BCUT2D eigenvalue weighted by molar-refractivity contribution is -0.116. The number of carbonyl (C=O) groups excluding carboxylic acids is 2. The topological polar surface area (TPSA) is 76.7 Å². The van der Waals surface area contributed by atoms with Crippen LogP contribution in [0.4, 0.5) is 4.79 Å². The van der Waals surface area contributed by atoms with Gasteiger partial charge in [0.25, 0.3) is 0 Å². The molecule has 0 saturated carbocycles. The van der Waals surface area contributed by atoms with Gasteiger partial charge in [0.15, 0.2) is 0 Å². The molecule has 0 aromatic heterocycles. The summed E-state index contributed by atoms with van der Waals surface area (Å²) in [7, 11) is 0. The first kappa shape index (κ1) is 22.0. The first-order valence-electron chi connectivity index (χ1n) is 9.51. The SMILES string of the molecule is CC(C)(C)OC(=O)NCCNC(=O)/C=C/c1ccc(OCc2ccccc2)cc1. The highest BCUT2D eigenvalue weighted by Gasteiger charge is 2.15. The highest BCUT2D eigenvalue weighted by Crippen LogP contribution is 2.15. The van der Waals surface area contributed by atoms with Gasteiger partial charge in [-0.25, -0.2) is 4.79 Å². The monoisotopic (exact) mass is 396 g/mol. The number of rotatable bonds is 8. The quantitative estimate of drug-likeness (QED) is 0.524. The molecule has 2 aromatic carbocycles. The Bertz CT molecular complexity index is 809. The number of alkyl carbamates (subject to hydrolysis) is 1. The van der Waals surface area contributed by atoms with E-state index in [1.165, 1.54) is 6.08 Å². The van der Waals surface area contributed by atoms with E-state index in [1.807, 2.05) is 54.6 Å². The molecule has 0 radical (unpaired) electrons. The van der Waals surface area contributed by atoms with Crippen LogP contribution in [0.1, 0.15) is 31.9 Å². The number of nitrogens with one attached hydrogen (secondary N) is 2. The predicted octanol–water partition coefficient (Wildman–Crippen LogP) is 3.92. The van der Waals surface area contributed by atoms with Gasteiger partial charge in [-0.15, -0.1) is 0 Å². The molecule has 29 heavy (non-hydrogen) atoms. The van der Waals surface area contributed by atoms with Gasteiger partial charge >= 0.3 is 6.09 Å². The molecule has 0 heterocycles. The van der Waals surface area contributed by atoms with Crippen LogP contribution in [0.3, 0.4) is 0 Å². The molecule has 0 saturated heterocycles. The van der Waals surface area contributed by atoms with Crippen LogP contribution in [-0.4, -0.2) is 30.7 Å². The van der Waals surface area contributed by atoms with E-state index >= 15 is 0 Å². The summed E-state index contributed by atoms with van der Waals surface area (Å²) in [4.78, 5) is 23.3. The van der Waals surface area contributed by atoms with Crippen LogP contribution in [0.2, 0.25) is 0 Å². The third kappa shape index (κ3) is 9.46. The minimum atomic E-state index is -0.543. The summed E-state index contributed by atoms with van der Waals surface area (Å²) in [6.45, 7) is 6.50. The van der Waals surface area contributed by atoms with E-state index in [-0.39, 0.29) is 5.91 Å². The molecule has 0 aliphatic carbocycles. The van der Waals surface area contributed by atoms with Gasteiger partial charge in [0, 0.05) is 19.2 Å². The van der Waals surface area contributed by atoms with E-state index < -0.39 is 11.7 Å². The summed E-state index contributed by atoms with van der Waals surface area (Å²) in [6.07, 6.45) is 2.67. The molecular formula is C23H28N2O4. The standard InChI is InChI=1S/C23H28N2O4/c1-23(2,3)29-22(27)25-16-15-24-21(26)14-11-18-9-12-20(13-10-18)28-17-19-7-5-4-6-8-19/h4-14H,15-17H2,1-3H3,(H,24,26)(H,25,27)/b14-11+. The third-order valence-electron chi connectivity index (χ3n) is 3.65. The Labute approximate surface area is 171 Å². The molecule has 2 N–H and O–H groups in total.